The zero-order valence-corrected chi connectivity index (χ0v) is 14.8. The van der Waals surface area contributed by atoms with E-state index in [1.807, 2.05) is 22.8 Å². The van der Waals surface area contributed by atoms with E-state index >= 15 is 0 Å². The van der Waals surface area contributed by atoms with Crippen LogP contribution < -0.4 is 5.32 Å². The van der Waals surface area contributed by atoms with Gasteiger partial charge < -0.3 is 5.32 Å². The molecule has 25 heavy (non-hydrogen) atoms. The van der Waals surface area contributed by atoms with Crippen molar-refractivity contribution < 1.29 is 9.18 Å². The molecular formula is C17H13FN4OS2. The fraction of sp³-hybridized carbons (Fsp3) is 0.118. The molecule has 1 amide bonds. The lowest BCUT2D eigenvalue weighted by atomic mass is 10.3. The van der Waals surface area contributed by atoms with Crippen LogP contribution in [-0.4, -0.2) is 26.3 Å². The minimum atomic E-state index is -0.454. The third-order valence-electron chi connectivity index (χ3n) is 3.74. The fourth-order valence-corrected chi connectivity index (χ4v) is 4.17. The molecule has 3 aromatic heterocycles. The normalized spacial score (nSPS) is 11.3. The van der Waals surface area contributed by atoms with Gasteiger partial charge in [0.25, 0.3) is 0 Å². The van der Waals surface area contributed by atoms with E-state index in [0.717, 1.165) is 21.6 Å². The standard InChI is InChI=1S/C17H13FN4OS2/c1-10-20-21-17(14-8-15-13(22(10)14)6-7-24-15)25-9-16(23)19-12-5-3-2-4-11(12)18/h2-8H,9H2,1H3,(H,19,23). The molecule has 0 atom stereocenters. The number of thiophene rings is 1. The number of nitrogens with one attached hydrogen (secondary N) is 1. The summed E-state index contributed by atoms with van der Waals surface area (Å²) in [4.78, 5) is 12.1. The molecule has 8 heteroatoms. The number of hydrogen-bond acceptors (Lipinski definition) is 5. The summed E-state index contributed by atoms with van der Waals surface area (Å²) in [7, 11) is 0. The quantitative estimate of drug-likeness (QED) is 0.548. The van der Waals surface area contributed by atoms with Crippen molar-refractivity contribution in [3.05, 3.63) is 53.4 Å². The second-order valence-corrected chi connectivity index (χ2v) is 7.32. The molecule has 1 aromatic carbocycles. The number of hydrogen-bond donors (Lipinski definition) is 1. The minimum Gasteiger partial charge on any atom is -0.323 e. The molecule has 4 aromatic rings. The van der Waals surface area contributed by atoms with Crippen LogP contribution in [0.15, 0.2) is 46.8 Å². The highest BCUT2D eigenvalue weighted by molar-refractivity contribution is 8.00. The van der Waals surface area contributed by atoms with Crippen molar-refractivity contribution in [1.82, 2.24) is 14.6 Å². The van der Waals surface area contributed by atoms with Gasteiger partial charge in [-0.2, -0.15) is 0 Å². The Kier molecular flexibility index (Phi) is 4.14. The highest BCUT2D eigenvalue weighted by Gasteiger charge is 2.14. The molecule has 0 unspecified atom stereocenters. The van der Waals surface area contributed by atoms with Gasteiger partial charge in [-0.25, -0.2) is 4.39 Å². The Bertz CT molecular complexity index is 1090. The SMILES string of the molecule is Cc1nnc(SCC(=O)Nc2ccccc2F)c2cc3sccc3n12. The summed E-state index contributed by atoms with van der Waals surface area (Å²) in [5, 5.41) is 13.7. The summed E-state index contributed by atoms with van der Waals surface area (Å²) in [6.07, 6.45) is 0. The summed E-state index contributed by atoms with van der Waals surface area (Å²) >= 11 is 2.94. The monoisotopic (exact) mass is 372 g/mol. The number of aromatic nitrogens is 3. The topological polar surface area (TPSA) is 59.3 Å². The van der Waals surface area contributed by atoms with Crippen LogP contribution >= 0.6 is 23.1 Å². The number of rotatable bonds is 4. The van der Waals surface area contributed by atoms with Gasteiger partial charge in [0.1, 0.15) is 16.7 Å². The number of aryl methyl sites for hydroxylation is 1. The number of fused-ring (bicyclic) bond motifs is 3. The van der Waals surface area contributed by atoms with Crippen molar-refractivity contribution in [3.8, 4) is 0 Å². The Balaban J connectivity index is 1.56. The van der Waals surface area contributed by atoms with E-state index in [2.05, 4.69) is 21.6 Å². The number of nitrogens with zero attached hydrogens (tertiary/aromatic N) is 3. The Hall–Kier alpha value is -2.45. The van der Waals surface area contributed by atoms with Gasteiger partial charge >= 0.3 is 0 Å². The lowest BCUT2D eigenvalue weighted by Gasteiger charge is -2.07. The van der Waals surface area contributed by atoms with Crippen molar-refractivity contribution in [2.75, 3.05) is 11.1 Å². The van der Waals surface area contributed by atoms with Gasteiger partial charge in [0, 0.05) is 0 Å². The maximum absolute atomic E-state index is 13.6. The second kappa shape index (κ2) is 6.45. The number of amides is 1. The summed E-state index contributed by atoms with van der Waals surface area (Å²) in [5.74, 6) is 0.179. The first-order chi connectivity index (χ1) is 12.1. The number of carbonyl (C=O) groups excluding carboxylic acids is 1. The Labute approximate surface area is 150 Å². The van der Waals surface area contributed by atoms with Gasteiger partial charge in [0.2, 0.25) is 5.91 Å². The number of carbonyl (C=O) groups is 1. The van der Waals surface area contributed by atoms with Crippen LogP contribution in [0.2, 0.25) is 0 Å². The van der Waals surface area contributed by atoms with Crippen LogP contribution in [0.25, 0.3) is 15.7 Å². The number of para-hydroxylation sites is 1. The zero-order valence-electron chi connectivity index (χ0n) is 13.2. The molecule has 0 fully saturated rings. The average molecular weight is 372 g/mol. The molecule has 0 aliphatic heterocycles. The van der Waals surface area contributed by atoms with E-state index in [0.29, 0.717) is 5.03 Å². The number of anilines is 1. The van der Waals surface area contributed by atoms with E-state index in [-0.39, 0.29) is 17.3 Å². The predicted molar refractivity (Wildman–Crippen MR) is 98.9 cm³/mol. The highest BCUT2D eigenvalue weighted by atomic mass is 32.2. The maximum Gasteiger partial charge on any atom is 0.234 e. The van der Waals surface area contributed by atoms with Crippen LogP contribution in [0.1, 0.15) is 5.82 Å². The molecule has 1 N–H and O–H groups in total. The maximum atomic E-state index is 13.6. The average Bonchev–Trinajstić information content (AvgIpc) is 3.17. The van der Waals surface area contributed by atoms with Gasteiger partial charge in [-0.05, 0) is 36.6 Å². The van der Waals surface area contributed by atoms with Gasteiger partial charge in [-0.15, -0.1) is 21.5 Å². The molecular weight excluding hydrogens is 359 g/mol. The minimum absolute atomic E-state index is 0.126. The largest absolute Gasteiger partial charge is 0.323 e. The van der Waals surface area contributed by atoms with Crippen LogP contribution in [0.5, 0.6) is 0 Å². The van der Waals surface area contributed by atoms with Crippen molar-refractivity contribution in [2.45, 2.75) is 11.9 Å². The molecule has 0 radical (unpaired) electrons. The molecule has 0 spiro atoms. The lowest BCUT2D eigenvalue weighted by Crippen LogP contribution is -2.15. The number of thioether (sulfide) groups is 1. The van der Waals surface area contributed by atoms with Crippen molar-refractivity contribution in [2.24, 2.45) is 0 Å². The van der Waals surface area contributed by atoms with Crippen molar-refractivity contribution in [1.29, 1.82) is 0 Å². The molecule has 3 heterocycles. The lowest BCUT2D eigenvalue weighted by molar-refractivity contribution is -0.113. The predicted octanol–water partition coefficient (Wildman–Crippen LogP) is 4.12. The molecule has 0 saturated heterocycles. The van der Waals surface area contributed by atoms with E-state index in [1.165, 1.54) is 23.9 Å². The van der Waals surface area contributed by atoms with Crippen LogP contribution in [0.4, 0.5) is 10.1 Å². The van der Waals surface area contributed by atoms with Gasteiger partial charge in [-0.3, -0.25) is 9.20 Å². The molecule has 4 rings (SSSR count). The van der Waals surface area contributed by atoms with Crippen LogP contribution in [0.3, 0.4) is 0 Å². The molecule has 0 bridgehead atoms. The number of benzene rings is 1. The van der Waals surface area contributed by atoms with Gasteiger partial charge in [-0.1, -0.05) is 23.9 Å². The molecule has 0 saturated carbocycles. The zero-order chi connectivity index (χ0) is 17.4. The third kappa shape index (κ3) is 2.98. The molecule has 5 nitrogen and oxygen atoms in total. The summed E-state index contributed by atoms with van der Waals surface area (Å²) in [6, 6.07) is 10.2. The highest BCUT2D eigenvalue weighted by Crippen LogP contribution is 2.30. The second-order valence-electron chi connectivity index (χ2n) is 5.40. The van der Waals surface area contributed by atoms with Gasteiger partial charge in [0.05, 0.1) is 27.2 Å². The summed E-state index contributed by atoms with van der Waals surface area (Å²) < 4.78 is 16.8. The molecule has 0 aliphatic carbocycles. The first kappa shape index (κ1) is 16.0. The Morgan fingerprint density at radius 1 is 1.28 bits per heavy atom. The van der Waals surface area contributed by atoms with E-state index < -0.39 is 5.82 Å². The first-order valence-corrected chi connectivity index (χ1v) is 9.39. The summed E-state index contributed by atoms with van der Waals surface area (Å²) in [5.41, 5.74) is 2.19. The third-order valence-corrected chi connectivity index (χ3v) is 5.56. The van der Waals surface area contributed by atoms with Crippen LogP contribution in [0, 0.1) is 12.7 Å². The smallest absolute Gasteiger partial charge is 0.234 e. The van der Waals surface area contributed by atoms with E-state index in [1.54, 1.807) is 23.5 Å². The molecule has 126 valence electrons. The Morgan fingerprint density at radius 2 is 2.12 bits per heavy atom. The summed E-state index contributed by atoms with van der Waals surface area (Å²) in [6.45, 7) is 1.90. The number of halogens is 1. The fourth-order valence-electron chi connectivity index (χ4n) is 2.63. The first-order valence-electron chi connectivity index (χ1n) is 7.52. The van der Waals surface area contributed by atoms with E-state index in [4.69, 9.17) is 0 Å². The Morgan fingerprint density at radius 3 is 2.96 bits per heavy atom. The van der Waals surface area contributed by atoms with Gasteiger partial charge in [0.15, 0.2) is 0 Å². The van der Waals surface area contributed by atoms with Crippen molar-refractivity contribution >= 4 is 50.4 Å². The van der Waals surface area contributed by atoms with Crippen LogP contribution in [-0.2, 0) is 4.79 Å². The van der Waals surface area contributed by atoms with E-state index in [9.17, 15) is 9.18 Å². The van der Waals surface area contributed by atoms with Crippen molar-refractivity contribution in [3.63, 3.8) is 0 Å². The molecule has 0 aliphatic rings.